The van der Waals surface area contributed by atoms with Crippen LogP contribution < -0.4 is 5.73 Å². The van der Waals surface area contributed by atoms with Crippen LogP contribution >= 0.6 is 66.1 Å². The molecule has 0 saturated heterocycles. The highest BCUT2D eigenvalue weighted by Gasteiger charge is 2.19. The van der Waals surface area contributed by atoms with Gasteiger partial charge < -0.3 is 5.73 Å². The molecule has 0 aliphatic rings. The molecular weight excluding hydrogens is 432 g/mol. The zero-order chi connectivity index (χ0) is 14.0. The molecule has 0 aromatic carbocycles. The second-order valence-electron chi connectivity index (χ2n) is 4.14. The largest absolute Gasteiger partial charge is 0.329 e. The van der Waals surface area contributed by atoms with Crippen molar-refractivity contribution in [1.82, 2.24) is 4.90 Å². The Morgan fingerprint density at radius 2 is 2.11 bits per heavy atom. The van der Waals surface area contributed by atoms with E-state index in [1.54, 1.807) is 22.7 Å². The van der Waals surface area contributed by atoms with Gasteiger partial charge in [0.05, 0.1) is 14.2 Å². The van der Waals surface area contributed by atoms with Crippen LogP contribution in [-0.4, -0.2) is 18.5 Å². The summed E-state index contributed by atoms with van der Waals surface area (Å²) >= 11 is 16.3. The van der Waals surface area contributed by atoms with Gasteiger partial charge in [0.25, 0.3) is 0 Å². The first-order valence-corrected chi connectivity index (χ1v) is 9.20. The quantitative estimate of drug-likeness (QED) is 0.694. The summed E-state index contributed by atoms with van der Waals surface area (Å²) in [5.41, 5.74) is 5.94. The van der Waals surface area contributed by atoms with Crippen molar-refractivity contribution in [3.05, 3.63) is 40.5 Å². The fourth-order valence-electron chi connectivity index (χ4n) is 1.83. The molecule has 104 valence electrons. The van der Waals surface area contributed by atoms with Crippen LogP contribution in [0.25, 0.3) is 0 Å². The molecule has 0 fully saturated rings. The van der Waals surface area contributed by atoms with Gasteiger partial charge in [0.1, 0.15) is 0 Å². The molecule has 2 aromatic rings. The summed E-state index contributed by atoms with van der Waals surface area (Å²) in [4.78, 5) is 4.76. The minimum absolute atomic E-state index is 0.216. The molecule has 0 aliphatic heterocycles. The van der Waals surface area contributed by atoms with Crippen LogP contribution in [0.2, 0.25) is 4.34 Å². The van der Waals surface area contributed by atoms with Crippen molar-refractivity contribution in [3.63, 3.8) is 0 Å². The van der Waals surface area contributed by atoms with E-state index in [0.29, 0.717) is 6.54 Å². The van der Waals surface area contributed by atoms with Crippen molar-refractivity contribution >= 4 is 66.1 Å². The Labute approximate surface area is 142 Å². The van der Waals surface area contributed by atoms with Crippen molar-refractivity contribution in [1.29, 1.82) is 0 Å². The molecule has 2 heterocycles. The molecule has 2 N–H and O–H groups in total. The number of halogens is 3. The van der Waals surface area contributed by atoms with Crippen molar-refractivity contribution in [2.75, 3.05) is 13.6 Å². The van der Waals surface area contributed by atoms with E-state index in [9.17, 15) is 0 Å². The Morgan fingerprint density at radius 1 is 1.37 bits per heavy atom. The van der Waals surface area contributed by atoms with Crippen LogP contribution in [0.15, 0.2) is 26.5 Å². The topological polar surface area (TPSA) is 29.3 Å². The Bertz CT molecular complexity index is 536. The van der Waals surface area contributed by atoms with E-state index in [4.69, 9.17) is 17.3 Å². The van der Waals surface area contributed by atoms with Crippen LogP contribution in [0.3, 0.4) is 0 Å². The van der Waals surface area contributed by atoms with Crippen molar-refractivity contribution < 1.29 is 0 Å². The lowest BCUT2D eigenvalue weighted by Crippen LogP contribution is -2.29. The van der Waals surface area contributed by atoms with Gasteiger partial charge in [0.15, 0.2) is 0 Å². The molecular formula is C12H13Br2ClN2S2. The number of nitrogens with two attached hydrogens (primary N) is 1. The maximum atomic E-state index is 5.96. The molecule has 0 spiro atoms. The number of hydrogen-bond donors (Lipinski definition) is 1. The summed E-state index contributed by atoms with van der Waals surface area (Å²) in [5, 5.41) is 0. The molecule has 2 rings (SSSR count). The lowest BCUT2D eigenvalue weighted by atomic mass is 10.2. The van der Waals surface area contributed by atoms with Gasteiger partial charge in [-0.15, -0.1) is 22.7 Å². The first-order chi connectivity index (χ1) is 9.01. The highest BCUT2D eigenvalue weighted by atomic mass is 79.9. The Morgan fingerprint density at radius 3 is 2.58 bits per heavy atom. The molecule has 0 bridgehead atoms. The Kier molecular flexibility index (Phi) is 5.90. The van der Waals surface area contributed by atoms with E-state index >= 15 is 0 Å². The van der Waals surface area contributed by atoms with Crippen LogP contribution in [0, 0.1) is 0 Å². The predicted molar refractivity (Wildman–Crippen MR) is 92.3 cm³/mol. The summed E-state index contributed by atoms with van der Waals surface area (Å²) in [6.45, 7) is 1.45. The SMILES string of the molecule is CN(Cc1ccc(Cl)s1)C(CN)c1cc(Br)c(Br)s1. The lowest BCUT2D eigenvalue weighted by Gasteiger charge is -2.25. The second kappa shape index (κ2) is 7.02. The summed E-state index contributed by atoms with van der Waals surface area (Å²) in [5.74, 6) is 0. The van der Waals surface area contributed by atoms with Crippen LogP contribution in [0.5, 0.6) is 0 Å². The fourth-order valence-corrected chi connectivity index (χ4v) is 5.25. The molecule has 2 nitrogen and oxygen atoms in total. The van der Waals surface area contributed by atoms with Gasteiger partial charge in [-0.25, -0.2) is 0 Å². The lowest BCUT2D eigenvalue weighted by molar-refractivity contribution is 0.247. The minimum atomic E-state index is 0.216. The number of likely N-dealkylation sites (N-methyl/N-ethyl adjacent to an activating group) is 1. The van der Waals surface area contributed by atoms with Gasteiger partial charge in [-0.3, -0.25) is 4.90 Å². The highest BCUT2D eigenvalue weighted by Crippen LogP contribution is 2.37. The minimum Gasteiger partial charge on any atom is -0.329 e. The van der Waals surface area contributed by atoms with E-state index in [-0.39, 0.29) is 6.04 Å². The average molecular weight is 445 g/mol. The van der Waals surface area contributed by atoms with Crippen LogP contribution in [0.1, 0.15) is 15.8 Å². The van der Waals surface area contributed by atoms with Gasteiger partial charge in [-0.05, 0) is 57.1 Å². The predicted octanol–water partition coefficient (Wildman–Crippen LogP) is 5.12. The van der Waals surface area contributed by atoms with Crippen molar-refractivity contribution in [2.24, 2.45) is 5.73 Å². The highest BCUT2D eigenvalue weighted by molar-refractivity contribution is 9.13. The smallest absolute Gasteiger partial charge is 0.0931 e. The first kappa shape index (κ1) is 15.9. The third-order valence-electron chi connectivity index (χ3n) is 2.78. The van der Waals surface area contributed by atoms with Gasteiger partial charge in [0, 0.05) is 27.3 Å². The number of nitrogens with zero attached hydrogens (tertiary/aromatic N) is 1. The molecule has 1 unspecified atom stereocenters. The maximum Gasteiger partial charge on any atom is 0.0931 e. The van der Waals surface area contributed by atoms with Gasteiger partial charge in [-0.1, -0.05) is 11.6 Å². The first-order valence-electron chi connectivity index (χ1n) is 5.60. The fraction of sp³-hybridized carbons (Fsp3) is 0.333. The maximum absolute atomic E-state index is 5.96. The van der Waals surface area contributed by atoms with E-state index in [1.807, 2.05) is 6.07 Å². The van der Waals surface area contributed by atoms with Crippen LogP contribution in [0.4, 0.5) is 0 Å². The molecule has 0 radical (unpaired) electrons. The Balaban J connectivity index is 2.12. The van der Waals surface area contributed by atoms with E-state index in [1.165, 1.54) is 9.75 Å². The average Bonchev–Trinajstić information content (AvgIpc) is 2.88. The summed E-state index contributed by atoms with van der Waals surface area (Å²) in [6.07, 6.45) is 0. The van der Waals surface area contributed by atoms with Gasteiger partial charge in [0.2, 0.25) is 0 Å². The number of thiophene rings is 2. The summed E-state index contributed by atoms with van der Waals surface area (Å²) < 4.78 is 3.02. The monoisotopic (exact) mass is 442 g/mol. The normalized spacial score (nSPS) is 13.2. The second-order valence-corrected chi connectivity index (χ2v) is 9.20. The molecule has 0 aliphatic carbocycles. The molecule has 0 saturated carbocycles. The molecule has 1 atom stereocenters. The molecule has 7 heteroatoms. The van der Waals surface area contributed by atoms with Crippen LogP contribution in [-0.2, 0) is 6.54 Å². The van der Waals surface area contributed by atoms with Gasteiger partial charge >= 0.3 is 0 Å². The van der Waals surface area contributed by atoms with Crippen molar-refractivity contribution in [3.8, 4) is 0 Å². The number of hydrogen-bond acceptors (Lipinski definition) is 4. The van der Waals surface area contributed by atoms with E-state index < -0.39 is 0 Å². The zero-order valence-electron chi connectivity index (χ0n) is 10.2. The third-order valence-corrected chi connectivity index (χ3v) is 7.36. The number of rotatable bonds is 5. The molecule has 0 amide bonds. The standard InChI is InChI=1S/C12H13Br2ClN2S2/c1-17(6-7-2-3-11(15)18-7)9(5-16)10-4-8(13)12(14)19-10/h2-4,9H,5-6,16H2,1H3. The molecule has 2 aromatic heterocycles. The molecule has 19 heavy (non-hydrogen) atoms. The third kappa shape index (κ3) is 4.03. The zero-order valence-corrected chi connectivity index (χ0v) is 15.8. The van der Waals surface area contributed by atoms with Gasteiger partial charge in [-0.2, -0.15) is 0 Å². The van der Waals surface area contributed by atoms with Crippen molar-refractivity contribution in [2.45, 2.75) is 12.6 Å². The summed E-state index contributed by atoms with van der Waals surface area (Å²) in [7, 11) is 2.09. The van der Waals surface area contributed by atoms with E-state index in [2.05, 4.69) is 55.9 Å². The van der Waals surface area contributed by atoms with E-state index in [0.717, 1.165) is 19.1 Å². The Hall–Kier alpha value is 0.570. The summed E-state index contributed by atoms with van der Waals surface area (Å²) in [6, 6.07) is 6.35.